The van der Waals surface area contributed by atoms with Gasteiger partial charge in [-0.25, -0.2) is 4.79 Å². The van der Waals surface area contributed by atoms with Crippen LogP contribution in [0.1, 0.15) is 44.3 Å². The largest absolute Gasteiger partial charge is 0.490 e. The van der Waals surface area contributed by atoms with Crippen LogP contribution in [0.15, 0.2) is 103 Å². The van der Waals surface area contributed by atoms with Crippen LogP contribution in [0.5, 0.6) is 11.5 Å². The Labute approximate surface area is 215 Å². The molecule has 0 aliphatic heterocycles. The van der Waals surface area contributed by atoms with Crippen molar-refractivity contribution in [2.75, 3.05) is 13.2 Å². The van der Waals surface area contributed by atoms with Crippen LogP contribution in [0.3, 0.4) is 0 Å². The van der Waals surface area contributed by atoms with E-state index in [0.29, 0.717) is 28.2 Å². The van der Waals surface area contributed by atoms with Crippen molar-refractivity contribution < 1.29 is 28.6 Å². The standard InChI is InChI=1S/C31H26O6/c1-22(32)37-29-17-9-24(10-18-29)21-23-7-15-28(16-8-23)35-19-20-36-31(34)27-13-11-26(12-14-27)30(33)25-5-3-2-4-6-25/h2-18H,19-21H2,1H3. The number of hydrogen-bond acceptors (Lipinski definition) is 6. The lowest BCUT2D eigenvalue weighted by Gasteiger charge is -2.09. The number of hydrogen-bond donors (Lipinski definition) is 0. The van der Waals surface area contributed by atoms with Crippen LogP contribution >= 0.6 is 0 Å². The van der Waals surface area contributed by atoms with Crippen molar-refractivity contribution in [3.63, 3.8) is 0 Å². The smallest absolute Gasteiger partial charge is 0.338 e. The Morgan fingerprint density at radius 2 is 1.14 bits per heavy atom. The summed E-state index contributed by atoms with van der Waals surface area (Å²) < 4.78 is 16.0. The summed E-state index contributed by atoms with van der Waals surface area (Å²) in [5, 5.41) is 0. The van der Waals surface area contributed by atoms with E-state index in [0.717, 1.165) is 17.5 Å². The second-order valence-electron chi connectivity index (χ2n) is 8.32. The third-order valence-corrected chi connectivity index (χ3v) is 5.52. The first-order valence-corrected chi connectivity index (χ1v) is 11.8. The molecule has 4 rings (SSSR count). The molecule has 0 saturated carbocycles. The van der Waals surface area contributed by atoms with E-state index in [9.17, 15) is 14.4 Å². The van der Waals surface area contributed by atoms with Crippen LogP contribution < -0.4 is 9.47 Å². The van der Waals surface area contributed by atoms with Gasteiger partial charge in [-0.3, -0.25) is 9.59 Å². The summed E-state index contributed by atoms with van der Waals surface area (Å²) >= 11 is 0. The second kappa shape index (κ2) is 12.3. The molecule has 0 amide bonds. The van der Waals surface area contributed by atoms with Crippen LogP contribution in [-0.4, -0.2) is 30.9 Å². The predicted molar refractivity (Wildman–Crippen MR) is 139 cm³/mol. The summed E-state index contributed by atoms with van der Waals surface area (Å²) in [5.74, 6) is 0.281. The second-order valence-corrected chi connectivity index (χ2v) is 8.32. The minimum Gasteiger partial charge on any atom is -0.490 e. The van der Waals surface area contributed by atoms with Gasteiger partial charge >= 0.3 is 11.9 Å². The SMILES string of the molecule is CC(=O)Oc1ccc(Cc2ccc(OCCOC(=O)c3ccc(C(=O)c4ccccc4)cc3)cc2)cc1. The highest BCUT2D eigenvalue weighted by Gasteiger charge is 2.11. The van der Waals surface area contributed by atoms with Crippen molar-refractivity contribution in [2.24, 2.45) is 0 Å². The van der Waals surface area contributed by atoms with E-state index in [2.05, 4.69) is 0 Å². The number of esters is 2. The minimum absolute atomic E-state index is 0.0972. The van der Waals surface area contributed by atoms with E-state index >= 15 is 0 Å². The normalized spacial score (nSPS) is 10.4. The van der Waals surface area contributed by atoms with Gasteiger partial charge in [-0.15, -0.1) is 0 Å². The molecule has 0 aliphatic rings. The molecule has 4 aromatic rings. The molecule has 0 aliphatic carbocycles. The van der Waals surface area contributed by atoms with Crippen molar-refractivity contribution in [3.8, 4) is 11.5 Å². The number of carbonyl (C=O) groups excluding carboxylic acids is 3. The first kappa shape index (κ1) is 25.4. The van der Waals surface area contributed by atoms with Crippen molar-refractivity contribution in [2.45, 2.75) is 13.3 Å². The zero-order valence-corrected chi connectivity index (χ0v) is 20.4. The molecule has 0 radical (unpaired) electrons. The van der Waals surface area contributed by atoms with Crippen LogP contribution in [0.2, 0.25) is 0 Å². The Morgan fingerprint density at radius 1 is 0.595 bits per heavy atom. The van der Waals surface area contributed by atoms with E-state index in [4.69, 9.17) is 14.2 Å². The van der Waals surface area contributed by atoms with Gasteiger partial charge in [-0.1, -0.05) is 66.7 Å². The lowest BCUT2D eigenvalue weighted by atomic mass is 10.0. The fourth-order valence-corrected chi connectivity index (χ4v) is 3.67. The minimum atomic E-state index is -0.475. The Morgan fingerprint density at radius 3 is 1.73 bits per heavy atom. The lowest BCUT2D eigenvalue weighted by molar-refractivity contribution is -0.131. The number of ketones is 1. The number of carbonyl (C=O) groups is 3. The van der Waals surface area contributed by atoms with Crippen LogP contribution in [0.25, 0.3) is 0 Å². The molecule has 0 atom stereocenters. The summed E-state index contributed by atoms with van der Waals surface area (Å²) in [6.07, 6.45) is 0.730. The molecule has 0 fully saturated rings. The molecule has 37 heavy (non-hydrogen) atoms. The van der Waals surface area contributed by atoms with Gasteiger partial charge in [0.05, 0.1) is 5.56 Å². The summed E-state index contributed by atoms with van der Waals surface area (Å²) in [4.78, 5) is 35.8. The topological polar surface area (TPSA) is 78.9 Å². The van der Waals surface area contributed by atoms with E-state index < -0.39 is 5.97 Å². The molecule has 0 N–H and O–H groups in total. The van der Waals surface area contributed by atoms with Gasteiger partial charge in [0.2, 0.25) is 0 Å². The maximum Gasteiger partial charge on any atom is 0.338 e. The predicted octanol–water partition coefficient (Wildman–Crippen LogP) is 5.67. The fraction of sp³-hybridized carbons (Fsp3) is 0.129. The Hall–Kier alpha value is -4.71. The Balaban J connectivity index is 1.20. The van der Waals surface area contributed by atoms with Gasteiger partial charge < -0.3 is 14.2 Å². The average molecular weight is 495 g/mol. The van der Waals surface area contributed by atoms with Gasteiger partial charge in [0, 0.05) is 18.1 Å². The fourth-order valence-electron chi connectivity index (χ4n) is 3.67. The summed E-state index contributed by atoms with van der Waals surface area (Å²) in [6, 6.07) is 30.5. The molecule has 6 heteroatoms. The summed E-state index contributed by atoms with van der Waals surface area (Å²) in [7, 11) is 0. The van der Waals surface area contributed by atoms with Crippen molar-refractivity contribution in [3.05, 3.63) is 131 Å². The molecule has 0 heterocycles. The van der Waals surface area contributed by atoms with Crippen LogP contribution in [0, 0.1) is 0 Å². The van der Waals surface area contributed by atoms with Crippen molar-refractivity contribution >= 4 is 17.7 Å². The van der Waals surface area contributed by atoms with Gasteiger partial charge in [0.15, 0.2) is 5.78 Å². The molecule has 0 saturated heterocycles. The highest BCUT2D eigenvalue weighted by molar-refractivity contribution is 6.09. The molecule has 0 bridgehead atoms. The third kappa shape index (κ3) is 7.39. The molecule has 6 nitrogen and oxygen atoms in total. The summed E-state index contributed by atoms with van der Waals surface area (Å²) in [6.45, 7) is 1.69. The quantitative estimate of drug-likeness (QED) is 0.122. The van der Waals surface area contributed by atoms with Gasteiger partial charge in [-0.05, 0) is 53.9 Å². The average Bonchev–Trinajstić information content (AvgIpc) is 2.93. The first-order chi connectivity index (χ1) is 18.0. The lowest BCUT2D eigenvalue weighted by Crippen LogP contribution is -2.12. The zero-order valence-electron chi connectivity index (χ0n) is 20.4. The monoisotopic (exact) mass is 494 g/mol. The molecule has 0 spiro atoms. The maximum absolute atomic E-state index is 12.5. The van der Waals surface area contributed by atoms with Crippen molar-refractivity contribution in [1.29, 1.82) is 0 Å². The van der Waals surface area contributed by atoms with Crippen molar-refractivity contribution in [1.82, 2.24) is 0 Å². The summed E-state index contributed by atoms with van der Waals surface area (Å²) in [5.41, 5.74) is 3.67. The molecule has 0 unspecified atom stereocenters. The van der Waals surface area contributed by atoms with E-state index in [1.54, 1.807) is 48.5 Å². The zero-order chi connectivity index (χ0) is 26.0. The Kier molecular flexibility index (Phi) is 8.45. The third-order valence-electron chi connectivity index (χ3n) is 5.52. The van der Waals surface area contributed by atoms with E-state index in [1.165, 1.54) is 6.92 Å². The Bertz CT molecular complexity index is 1340. The number of ether oxygens (including phenoxy) is 3. The van der Waals surface area contributed by atoms with Gasteiger partial charge in [-0.2, -0.15) is 0 Å². The van der Waals surface area contributed by atoms with Gasteiger partial charge in [0.25, 0.3) is 0 Å². The van der Waals surface area contributed by atoms with E-state index in [-0.39, 0.29) is 25.0 Å². The van der Waals surface area contributed by atoms with Gasteiger partial charge in [0.1, 0.15) is 24.7 Å². The first-order valence-electron chi connectivity index (χ1n) is 11.8. The molecule has 186 valence electrons. The maximum atomic E-state index is 12.5. The highest BCUT2D eigenvalue weighted by Crippen LogP contribution is 2.18. The highest BCUT2D eigenvalue weighted by atomic mass is 16.6. The molecule has 4 aromatic carbocycles. The number of rotatable bonds is 10. The molecular formula is C31H26O6. The van der Waals surface area contributed by atoms with Crippen LogP contribution in [0.4, 0.5) is 0 Å². The molecule has 0 aromatic heterocycles. The molecular weight excluding hydrogens is 468 g/mol. The number of benzene rings is 4. The van der Waals surface area contributed by atoms with E-state index in [1.807, 2.05) is 54.6 Å². The van der Waals surface area contributed by atoms with Crippen LogP contribution in [-0.2, 0) is 16.0 Å².